The summed E-state index contributed by atoms with van der Waals surface area (Å²) in [6.07, 6.45) is 0. The number of hydrogen-bond acceptors (Lipinski definition) is 4. The maximum atomic E-state index is 5.95. The summed E-state index contributed by atoms with van der Waals surface area (Å²) in [6, 6.07) is 15.8. The minimum atomic E-state index is 0. The maximum Gasteiger partial charge on any atom is 0.193 e. The molecule has 0 bridgehead atoms. The molecule has 0 fully saturated rings. The number of hydrogen-bond donors (Lipinski definition) is 2. The van der Waals surface area contributed by atoms with Gasteiger partial charge in [-0.3, -0.25) is 0 Å². The molecule has 0 saturated heterocycles. The number of ether oxygens (including phenoxy) is 1. The molecular formula is C19H21IN4OS. The smallest absolute Gasteiger partial charge is 0.193 e. The fourth-order valence-electron chi connectivity index (χ4n) is 2.32. The van der Waals surface area contributed by atoms with Crippen LogP contribution < -0.4 is 15.8 Å². The highest BCUT2D eigenvalue weighted by molar-refractivity contribution is 14.0. The van der Waals surface area contributed by atoms with Crippen molar-refractivity contribution in [1.29, 1.82) is 0 Å². The minimum Gasteiger partial charge on any atom is -0.497 e. The highest BCUT2D eigenvalue weighted by Crippen LogP contribution is 2.25. The van der Waals surface area contributed by atoms with Gasteiger partial charge in [0.2, 0.25) is 0 Å². The number of aromatic nitrogens is 1. The summed E-state index contributed by atoms with van der Waals surface area (Å²) in [5.74, 6) is 1.21. The number of nitrogens with two attached hydrogens (primary N) is 1. The van der Waals surface area contributed by atoms with Crippen LogP contribution in [0.2, 0.25) is 0 Å². The number of benzene rings is 2. The molecule has 0 spiro atoms. The Morgan fingerprint density at radius 2 is 2.00 bits per heavy atom. The van der Waals surface area contributed by atoms with Gasteiger partial charge in [0.15, 0.2) is 5.96 Å². The Labute approximate surface area is 174 Å². The first-order chi connectivity index (χ1) is 12.1. The zero-order chi connectivity index (χ0) is 17.6. The van der Waals surface area contributed by atoms with Crippen molar-refractivity contribution in [2.24, 2.45) is 10.7 Å². The van der Waals surface area contributed by atoms with Crippen LogP contribution >= 0.6 is 35.3 Å². The number of anilines is 1. The molecule has 0 radical (unpaired) electrons. The van der Waals surface area contributed by atoms with Gasteiger partial charge in [0, 0.05) is 16.6 Å². The number of aryl methyl sites for hydroxylation is 1. The van der Waals surface area contributed by atoms with Crippen molar-refractivity contribution in [3.8, 4) is 16.3 Å². The third-order valence-electron chi connectivity index (χ3n) is 3.59. The highest BCUT2D eigenvalue weighted by Gasteiger charge is 2.05. The van der Waals surface area contributed by atoms with Crippen LogP contribution in [0.15, 0.2) is 58.9 Å². The number of halogens is 1. The van der Waals surface area contributed by atoms with E-state index in [1.165, 1.54) is 5.56 Å². The lowest BCUT2D eigenvalue weighted by Crippen LogP contribution is -2.22. The molecule has 1 heterocycles. The van der Waals surface area contributed by atoms with Crippen LogP contribution in [0.5, 0.6) is 5.75 Å². The quantitative estimate of drug-likeness (QED) is 0.316. The van der Waals surface area contributed by atoms with E-state index in [0.717, 1.165) is 27.7 Å². The third kappa shape index (κ3) is 5.43. The van der Waals surface area contributed by atoms with Gasteiger partial charge in [-0.2, -0.15) is 0 Å². The molecule has 2 aromatic carbocycles. The van der Waals surface area contributed by atoms with Gasteiger partial charge in [-0.1, -0.05) is 12.1 Å². The summed E-state index contributed by atoms with van der Waals surface area (Å²) in [4.78, 5) is 8.98. The number of nitrogens with zero attached hydrogens (tertiary/aromatic N) is 2. The fraction of sp³-hybridized carbons (Fsp3) is 0.158. The lowest BCUT2D eigenvalue weighted by Gasteiger charge is -2.05. The van der Waals surface area contributed by atoms with Gasteiger partial charge in [0.1, 0.15) is 10.8 Å². The fourth-order valence-corrected chi connectivity index (χ4v) is 3.14. The van der Waals surface area contributed by atoms with Gasteiger partial charge >= 0.3 is 0 Å². The lowest BCUT2D eigenvalue weighted by atomic mass is 10.2. The second kappa shape index (κ2) is 9.54. The van der Waals surface area contributed by atoms with Crippen LogP contribution in [0, 0.1) is 6.92 Å². The van der Waals surface area contributed by atoms with E-state index in [9.17, 15) is 0 Å². The third-order valence-corrected chi connectivity index (χ3v) is 4.53. The molecule has 5 nitrogen and oxygen atoms in total. The van der Waals surface area contributed by atoms with Crippen LogP contribution in [-0.2, 0) is 6.54 Å². The average Bonchev–Trinajstić information content (AvgIpc) is 3.09. The van der Waals surface area contributed by atoms with E-state index < -0.39 is 0 Å². The summed E-state index contributed by atoms with van der Waals surface area (Å²) < 4.78 is 5.18. The molecule has 3 N–H and O–H groups in total. The molecule has 0 aliphatic carbocycles. The second-order valence-electron chi connectivity index (χ2n) is 5.57. The Balaban J connectivity index is 0.00000243. The molecule has 3 rings (SSSR count). The summed E-state index contributed by atoms with van der Waals surface area (Å²) in [6.45, 7) is 2.48. The molecule has 1 aromatic heterocycles. The highest BCUT2D eigenvalue weighted by atomic mass is 127. The van der Waals surface area contributed by atoms with Crippen LogP contribution in [0.3, 0.4) is 0 Å². The summed E-state index contributed by atoms with van der Waals surface area (Å²) in [5, 5.41) is 6.05. The van der Waals surface area contributed by atoms with Gasteiger partial charge in [-0.05, 0) is 48.9 Å². The van der Waals surface area contributed by atoms with Crippen molar-refractivity contribution in [3.63, 3.8) is 0 Å². The molecule has 0 aliphatic heterocycles. The molecule has 136 valence electrons. The SMILES string of the molecule is COc1ccc(-c2nc(CN=C(N)Nc3cccc(C)c3)cs2)cc1.I. The van der Waals surface area contributed by atoms with Gasteiger partial charge in [0.25, 0.3) is 0 Å². The van der Waals surface area contributed by atoms with E-state index in [2.05, 4.69) is 15.3 Å². The standard InChI is InChI=1S/C19H20N4OS.HI/c1-13-4-3-5-15(10-13)23-19(20)21-11-16-12-25-18(22-16)14-6-8-17(24-2)9-7-14;/h3-10,12H,11H2,1-2H3,(H3,20,21,23);1H. The Kier molecular flexibility index (Phi) is 7.40. The first kappa shape index (κ1) is 20.2. The maximum absolute atomic E-state index is 5.95. The Bertz CT molecular complexity index is 877. The van der Waals surface area contributed by atoms with Gasteiger partial charge in [-0.15, -0.1) is 35.3 Å². The molecule has 7 heteroatoms. The van der Waals surface area contributed by atoms with Crippen LogP contribution in [0.1, 0.15) is 11.3 Å². The number of methoxy groups -OCH3 is 1. The monoisotopic (exact) mass is 480 g/mol. The number of guanidine groups is 1. The molecular weight excluding hydrogens is 459 g/mol. The predicted octanol–water partition coefficient (Wildman–Crippen LogP) is 4.67. The zero-order valence-electron chi connectivity index (χ0n) is 14.6. The van der Waals surface area contributed by atoms with Crippen molar-refractivity contribution in [3.05, 3.63) is 65.2 Å². The van der Waals surface area contributed by atoms with Gasteiger partial charge < -0.3 is 15.8 Å². The molecule has 0 atom stereocenters. The van der Waals surface area contributed by atoms with Crippen LogP contribution in [0.25, 0.3) is 10.6 Å². The summed E-state index contributed by atoms with van der Waals surface area (Å²) in [7, 11) is 1.66. The average molecular weight is 480 g/mol. The number of aliphatic imine (C=N–C) groups is 1. The normalized spacial score (nSPS) is 10.9. The Morgan fingerprint density at radius 1 is 1.23 bits per heavy atom. The molecule has 0 amide bonds. The van der Waals surface area contributed by atoms with E-state index in [1.807, 2.05) is 60.8 Å². The first-order valence-electron chi connectivity index (χ1n) is 7.86. The number of thiazole rings is 1. The van der Waals surface area contributed by atoms with E-state index in [-0.39, 0.29) is 24.0 Å². The molecule has 3 aromatic rings. The topological polar surface area (TPSA) is 72.5 Å². The molecule has 0 saturated carbocycles. The summed E-state index contributed by atoms with van der Waals surface area (Å²) in [5.41, 5.74) is 10.0. The van der Waals surface area contributed by atoms with Crippen LogP contribution in [0.4, 0.5) is 5.69 Å². The Hall–Kier alpha value is -2.13. The molecule has 0 unspecified atom stereocenters. The Morgan fingerprint density at radius 3 is 2.69 bits per heavy atom. The van der Waals surface area contributed by atoms with E-state index in [1.54, 1.807) is 18.4 Å². The zero-order valence-corrected chi connectivity index (χ0v) is 17.7. The van der Waals surface area contributed by atoms with Crippen molar-refractivity contribution >= 4 is 47.0 Å². The lowest BCUT2D eigenvalue weighted by molar-refractivity contribution is 0.415. The second-order valence-corrected chi connectivity index (χ2v) is 6.43. The number of rotatable bonds is 5. The van der Waals surface area contributed by atoms with Crippen molar-refractivity contribution < 1.29 is 4.74 Å². The minimum absolute atomic E-state index is 0. The van der Waals surface area contributed by atoms with E-state index in [0.29, 0.717) is 12.5 Å². The summed E-state index contributed by atoms with van der Waals surface area (Å²) >= 11 is 1.59. The van der Waals surface area contributed by atoms with Gasteiger partial charge in [0.05, 0.1) is 19.3 Å². The van der Waals surface area contributed by atoms with Crippen LogP contribution in [-0.4, -0.2) is 18.1 Å². The number of nitrogens with one attached hydrogen (secondary N) is 1. The molecule has 26 heavy (non-hydrogen) atoms. The van der Waals surface area contributed by atoms with E-state index >= 15 is 0 Å². The van der Waals surface area contributed by atoms with Gasteiger partial charge in [-0.25, -0.2) is 9.98 Å². The first-order valence-corrected chi connectivity index (χ1v) is 8.74. The van der Waals surface area contributed by atoms with E-state index in [4.69, 9.17) is 10.5 Å². The van der Waals surface area contributed by atoms with Crippen molar-refractivity contribution in [1.82, 2.24) is 4.98 Å². The molecule has 0 aliphatic rings. The van der Waals surface area contributed by atoms with Crippen molar-refractivity contribution in [2.75, 3.05) is 12.4 Å². The predicted molar refractivity (Wildman–Crippen MR) is 120 cm³/mol. The largest absolute Gasteiger partial charge is 0.497 e. The van der Waals surface area contributed by atoms with Crippen molar-refractivity contribution in [2.45, 2.75) is 13.5 Å².